The highest BCUT2D eigenvalue weighted by molar-refractivity contribution is 5.94. The van der Waals surface area contributed by atoms with E-state index in [4.69, 9.17) is 0 Å². The SMILES string of the molecule is O=C(c1ccc(O)cc1F)N1CCC(n2ccnn2)CC1. The zero-order valence-corrected chi connectivity index (χ0v) is 11.3. The van der Waals surface area contributed by atoms with Gasteiger partial charge in [0.1, 0.15) is 11.6 Å². The van der Waals surface area contributed by atoms with Gasteiger partial charge in [0.25, 0.3) is 5.91 Å². The second-order valence-corrected chi connectivity index (χ2v) is 5.07. The summed E-state index contributed by atoms with van der Waals surface area (Å²) in [6, 6.07) is 3.81. The molecule has 0 bridgehead atoms. The Morgan fingerprint density at radius 1 is 1.33 bits per heavy atom. The van der Waals surface area contributed by atoms with Gasteiger partial charge in [0, 0.05) is 25.4 Å². The van der Waals surface area contributed by atoms with Gasteiger partial charge in [0.15, 0.2) is 0 Å². The van der Waals surface area contributed by atoms with Crippen LogP contribution in [0.15, 0.2) is 30.6 Å². The van der Waals surface area contributed by atoms with Crippen molar-refractivity contribution >= 4 is 5.91 Å². The number of hydrogen-bond donors (Lipinski definition) is 1. The maximum absolute atomic E-state index is 13.7. The summed E-state index contributed by atoms with van der Waals surface area (Å²) in [4.78, 5) is 13.9. The molecular formula is C14H15FN4O2. The molecule has 2 heterocycles. The van der Waals surface area contributed by atoms with Crippen molar-refractivity contribution in [3.8, 4) is 5.75 Å². The Morgan fingerprint density at radius 3 is 2.71 bits per heavy atom. The van der Waals surface area contributed by atoms with E-state index in [9.17, 15) is 14.3 Å². The predicted octanol–water partition coefficient (Wildman–Crippen LogP) is 1.60. The summed E-state index contributed by atoms with van der Waals surface area (Å²) in [5.41, 5.74) is -0.00740. The minimum atomic E-state index is -0.696. The van der Waals surface area contributed by atoms with Crippen molar-refractivity contribution in [3.63, 3.8) is 0 Å². The van der Waals surface area contributed by atoms with Crippen LogP contribution in [0.25, 0.3) is 0 Å². The number of halogens is 1. The van der Waals surface area contributed by atoms with E-state index >= 15 is 0 Å². The van der Waals surface area contributed by atoms with E-state index in [1.54, 1.807) is 15.8 Å². The number of aromatic nitrogens is 3. The quantitative estimate of drug-likeness (QED) is 0.912. The summed E-state index contributed by atoms with van der Waals surface area (Å²) in [7, 11) is 0. The lowest BCUT2D eigenvalue weighted by atomic mass is 10.0. The molecule has 21 heavy (non-hydrogen) atoms. The van der Waals surface area contributed by atoms with Gasteiger partial charge < -0.3 is 10.0 Å². The molecule has 110 valence electrons. The van der Waals surface area contributed by atoms with Crippen LogP contribution < -0.4 is 0 Å². The van der Waals surface area contributed by atoms with Gasteiger partial charge in [0.2, 0.25) is 0 Å². The standard InChI is InChI=1S/C14H15FN4O2/c15-13-9-11(20)1-2-12(13)14(21)18-6-3-10(4-7-18)19-8-5-16-17-19/h1-2,5,8-10,20H,3-4,6-7H2. The van der Waals surface area contributed by atoms with Crippen molar-refractivity contribution in [1.82, 2.24) is 19.9 Å². The summed E-state index contributed by atoms with van der Waals surface area (Å²) in [6.45, 7) is 1.09. The molecule has 0 spiro atoms. The van der Waals surface area contributed by atoms with Gasteiger partial charge in [-0.2, -0.15) is 0 Å². The Labute approximate surface area is 120 Å². The highest BCUT2D eigenvalue weighted by atomic mass is 19.1. The van der Waals surface area contributed by atoms with E-state index in [2.05, 4.69) is 10.3 Å². The van der Waals surface area contributed by atoms with E-state index in [0.717, 1.165) is 18.9 Å². The minimum Gasteiger partial charge on any atom is -0.508 e. The average molecular weight is 290 g/mol. The van der Waals surface area contributed by atoms with Crippen molar-refractivity contribution in [2.75, 3.05) is 13.1 Å². The average Bonchev–Trinajstić information content (AvgIpc) is 3.01. The monoisotopic (exact) mass is 290 g/mol. The van der Waals surface area contributed by atoms with Crippen LogP contribution in [0, 0.1) is 5.82 Å². The molecule has 1 aliphatic rings. The molecule has 2 aromatic rings. The summed E-state index contributed by atoms with van der Waals surface area (Å²) >= 11 is 0. The Balaban J connectivity index is 1.67. The number of likely N-dealkylation sites (tertiary alicyclic amines) is 1. The third kappa shape index (κ3) is 2.72. The molecule has 1 amide bonds. The number of phenolic OH excluding ortho intramolecular Hbond substituents is 1. The number of aromatic hydroxyl groups is 1. The molecule has 1 aromatic carbocycles. The van der Waals surface area contributed by atoms with Gasteiger partial charge in [-0.3, -0.25) is 4.79 Å². The van der Waals surface area contributed by atoms with Crippen LogP contribution in [0.2, 0.25) is 0 Å². The van der Waals surface area contributed by atoms with E-state index in [1.165, 1.54) is 12.1 Å². The number of rotatable bonds is 2. The van der Waals surface area contributed by atoms with E-state index in [0.29, 0.717) is 13.1 Å². The van der Waals surface area contributed by atoms with Crippen molar-refractivity contribution in [3.05, 3.63) is 42.0 Å². The fourth-order valence-corrected chi connectivity index (χ4v) is 2.59. The number of nitrogens with zero attached hydrogens (tertiary/aromatic N) is 4. The first-order valence-corrected chi connectivity index (χ1v) is 6.79. The van der Waals surface area contributed by atoms with Crippen LogP contribution in [0.5, 0.6) is 5.75 Å². The Bertz CT molecular complexity index is 636. The summed E-state index contributed by atoms with van der Waals surface area (Å²) in [5, 5.41) is 16.9. The summed E-state index contributed by atoms with van der Waals surface area (Å²) < 4.78 is 15.5. The van der Waals surface area contributed by atoms with Gasteiger partial charge in [-0.15, -0.1) is 5.10 Å². The molecule has 6 nitrogen and oxygen atoms in total. The molecule has 0 saturated carbocycles. The zero-order valence-electron chi connectivity index (χ0n) is 11.3. The lowest BCUT2D eigenvalue weighted by molar-refractivity contribution is 0.0684. The number of phenols is 1. The minimum absolute atomic E-state index is 0.00740. The fraction of sp³-hybridized carbons (Fsp3) is 0.357. The first-order valence-electron chi connectivity index (χ1n) is 6.79. The van der Waals surface area contributed by atoms with Crippen LogP contribution in [0.1, 0.15) is 29.2 Å². The van der Waals surface area contributed by atoms with Gasteiger partial charge in [-0.25, -0.2) is 9.07 Å². The summed E-state index contributed by atoms with van der Waals surface area (Å²) in [6.07, 6.45) is 4.95. The van der Waals surface area contributed by atoms with Crippen LogP contribution in [-0.4, -0.2) is 44.0 Å². The van der Waals surface area contributed by atoms with Crippen molar-refractivity contribution in [2.45, 2.75) is 18.9 Å². The lowest BCUT2D eigenvalue weighted by Crippen LogP contribution is -2.39. The van der Waals surface area contributed by atoms with E-state index in [-0.39, 0.29) is 23.3 Å². The smallest absolute Gasteiger partial charge is 0.256 e. The molecule has 0 radical (unpaired) electrons. The third-order valence-electron chi connectivity index (χ3n) is 3.75. The Kier molecular flexibility index (Phi) is 3.55. The molecule has 1 fully saturated rings. The molecule has 1 aliphatic heterocycles. The second kappa shape index (κ2) is 5.51. The number of amides is 1. The molecule has 0 unspecified atom stereocenters. The molecule has 3 rings (SSSR count). The predicted molar refractivity (Wildman–Crippen MR) is 72.3 cm³/mol. The van der Waals surface area contributed by atoms with Crippen molar-refractivity contribution in [2.24, 2.45) is 0 Å². The van der Waals surface area contributed by atoms with E-state index in [1.807, 2.05) is 6.20 Å². The lowest BCUT2D eigenvalue weighted by Gasteiger charge is -2.31. The van der Waals surface area contributed by atoms with Gasteiger partial charge in [-0.05, 0) is 25.0 Å². The number of carbonyl (C=O) groups excluding carboxylic acids is 1. The zero-order chi connectivity index (χ0) is 14.8. The van der Waals surface area contributed by atoms with Crippen LogP contribution in [-0.2, 0) is 0 Å². The normalized spacial score (nSPS) is 16.1. The molecule has 1 aromatic heterocycles. The molecule has 0 atom stereocenters. The van der Waals surface area contributed by atoms with Crippen LogP contribution >= 0.6 is 0 Å². The number of piperidine rings is 1. The van der Waals surface area contributed by atoms with Gasteiger partial charge in [-0.1, -0.05) is 5.21 Å². The number of benzene rings is 1. The summed E-state index contributed by atoms with van der Waals surface area (Å²) in [5.74, 6) is -1.23. The van der Waals surface area contributed by atoms with Crippen LogP contribution in [0.4, 0.5) is 4.39 Å². The highest BCUT2D eigenvalue weighted by Gasteiger charge is 2.26. The van der Waals surface area contributed by atoms with E-state index < -0.39 is 5.82 Å². The first-order chi connectivity index (χ1) is 10.1. The number of hydrogen-bond acceptors (Lipinski definition) is 4. The van der Waals surface area contributed by atoms with Gasteiger partial charge in [0.05, 0.1) is 17.8 Å². The largest absolute Gasteiger partial charge is 0.508 e. The fourth-order valence-electron chi connectivity index (χ4n) is 2.59. The molecule has 0 aliphatic carbocycles. The molecule has 7 heteroatoms. The third-order valence-corrected chi connectivity index (χ3v) is 3.75. The van der Waals surface area contributed by atoms with Gasteiger partial charge >= 0.3 is 0 Å². The highest BCUT2D eigenvalue weighted by Crippen LogP contribution is 2.24. The molecular weight excluding hydrogens is 275 g/mol. The van der Waals surface area contributed by atoms with Crippen LogP contribution in [0.3, 0.4) is 0 Å². The van der Waals surface area contributed by atoms with Crippen molar-refractivity contribution in [1.29, 1.82) is 0 Å². The van der Waals surface area contributed by atoms with Crippen molar-refractivity contribution < 1.29 is 14.3 Å². The Morgan fingerprint density at radius 2 is 2.10 bits per heavy atom. The topological polar surface area (TPSA) is 71.2 Å². The number of carbonyl (C=O) groups is 1. The maximum atomic E-state index is 13.7. The molecule has 1 N–H and O–H groups in total. The second-order valence-electron chi connectivity index (χ2n) is 5.07. The Hall–Kier alpha value is -2.44. The first kappa shape index (κ1) is 13.5. The molecule has 1 saturated heterocycles. The maximum Gasteiger partial charge on any atom is 0.256 e.